The van der Waals surface area contributed by atoms with Crippen LogP contribution in [0.1, 0.15) is 37.0 Å². The lowest BCUT2D eigenvalue weighted by Crippen LogP contribution is -2.11. The van der Waals surface area contributed by atoms with Gasteiger partial charge in [0.2, 0.25) is 0 Å². The summed E-state index contributed by atoms with van der Waals surface area (Å²) in [5.41, 5.74) is -0.0384. The molecule has 2 rings (SSSR count). The van der Waals surface area contributed by atoms with Gasteiger partial charge in [-0.2, -0.15) is 13.2 Å². The van der Waals surface area contributed by atoms with E-state index in [2.05, 4.69) is 0 Å². The minimum Gasteiger partial charge on any atom is -0.488 e. The molecule has 0 aliphatic heterocycles. The SMILES string of the molecule is CCC(=O)Oc1ccccc1COc1cc(Cl)c(CC)cc1C(F)(F)F. The fourth-order valence-electron chi connectivity index (χ4n) is 2.28. The third-order valence-electron chi connectivity index (χ3n) is 3.70. The lowest BCUT2D eigenvalue weighted by Gasteiger charge is -2.17. The zero-order chi connectivity index (χ0) is 19.3. The first kappa shape index (κ1) is 20.1. The summed E-state index contributed by atoms with van der Waals surface area (Å²) in [4.78, 5) is 11.5. The van der Waals surface area contributed by atoms with E-state index in [9.17, 15) is 18.0 Å². The molecule has 0 spiro atoms. The van der Waals surface area contributed by atoms with Crippen LogP contribution in [-0.2, 0) is 24.0 Å². The minimum absolute atomic E-state index is 0.182. The molecular weight excluding hydrogens is 369 g/mol. The minimum atomic E-state index is -4.57. The fourth-order valence-corrected chi connectivity index (χ4v) is 2.57. The van der Waals surface area contributed by atoms with Crippen molar-refractivity contribution in [3.63, 3.8) is 0 Å². The van der Waals surface area contributed by atoms with Gasteiger partial charge >= 0.3 is 12.1 Å². The zero-order valence-corrected chi connectivity index (χ0v) is 15.1. The van der Waals surface area contributed by atoms with E-state index in [1.807, 2.05) is 0 Å². The average Bonchev–Trinajstić information content (AvgIpc) is 2.59. The van der Waals surface area contributed by atoms with Gasteiger partial charge in [-0.15, -0.1) is 0 Å². The van der Waals surface area contributed by atoms with Gasteiger partial charge in [-0.3, -0.25) is 4.79 Å². The van der Waals surface area contributed by atoms with Crippen LogP contribution < -0.4 is 9.47 Å². The summed E-state index contributed by atoms with van der Waals surface area (Å²) in [5.74, 6) is -0.552. The lowest BCUT2D eigenvalue weighted by molar-refractivity contribution is -0.139. The van der Waals surface area contributed by atoms with Crippen molar-refractivity contribution in [1.82, 2.24) is 0 Å². The van der Waals surface area contributed by atoms with E-state index in [0.29, 0.717) is 17.5 Å². The normalized spacial score (nSPS) is 11.3. The number of benzene rings is 2. The van der Waals surface area contributed by atoms with Gasteiger partial charge in [-0.25, -0.2) is 0 Å². The number of alkyl halides is 3. The molecule has 0 heterocycles. The highest BCUT2D eigenvalue weighted by atomic mass is 35.5. The predicted molar refractivity (Wildman–Crippen MR) is 92.5 cm³/mol. The standard InChI is InChI=1S/C19H18ClF3O3/c1-3-12-9-14(19(21,22)23)17(10-15(12)20)25-11-13-7-5-6-8-16(13)26-18(24)4-2/h5-10H,3-4,11H2,1-2H3. The highest BCUT2D eigenvalue weighted by molar-refractivity contribution is 6.31. The second kappa shape index (κ2) is 8.45. The van der Waals surface area contributed by atoms with Crippen LogP contribution in [0, 0.1) is 0 Å². The molecule has 0 unspecified atom stereocenters. The molecule has 0 N–H and O–H groups in total. The molecule has 7 heteroatoms. The van der Waals surface area contributed by atoms with Crippen LogP contribution in [0.2, 0.25) is 5.02 Å². The molecule has 0 fully saturated rings. The zero-order valence-electron chi connectivity index (χ0n) is 14.3. The van der Waals surface area contributed by atoms with Gasteiger partial charge in [0.05, 0.1) is 5.56 Å². The van der Waals surface area contributed by atoms with E-state index < -0.39 is 17.7 Å². The van der Waals surface area contributed by atoms with Crippen molar-refractivity contribution in [2.75, 3.05) is 0 Å². The molecule has 0 amide bonds. The maximum Gasteiger partial charge on any atom is 0.419 e. The van der Waals surface area contributed by atoms with Crippen molar-refractivity contribution in [3.8, 4) is 11.5 Å². The molecule has 140 valence electrons. The number of esters is 1. The Morgan fingerprint density at radius 2 is 1.77 bits per heavy atom. The van der Waals surface area contributed by atoms with Gasteiger partial charge in [0, 0.05) is 17.0 Å². The van der Waals surface area contributed by atoms with Crippen LogP contribution >= 0.6 is 11.6 Å². The van der Waals surface area contributed by atoms with E-state index in [0.717, 1.165) is 6.07 Å². The fraction of sp³-hybridized carbons (Fsp3) is 0.316. The van der Waals surface area contributed by atoms with Gasteiger partial charge in [0.1, 0.15) is 18.1 Å². The second-order valence-corrected chi connectivity index (χ2v) is 5.92. The van der Waals surface area contributed by atoms with Crippen molar-refractivity contribution in [2.24, 2.45) is 0 Å². The van der Waals surface area contributed by atoms with Gasteiger partial charge < -0.3 is 9.47 Å². The van der Waals surface area contributed by atoms with Crippen LogP contribution in [0.3, 0.4) is 0 Å². The van der Waals surface area contributed by atoms with Gasteiger partial charge in [-0.1, -0.05) is 43.6 Å². The lowest BCUT2D eigenvalue weighted by atomic mass is 10.1. The van der Waals surface area contributed by atoms with Crippen molar-refractivity contribution < 1.29 is 27.4 Å². The number of hydrogen-bond donors (Lipinski definition) is 0. The molecule has 0 aliphatic carbocycles. The Bertz CT molecular complexity index is 788. The van der Waals surface area contributed by atoms with Crippen molar-refractivity contribution in [1.29, 1.82) is 0 Å². The second-order valence-electron chi connectivity index (χ2n) is 5.52. The predicted octanol–water partition coefficient (Wildman–Crippen LogP) is 5.82. The number of aryl methyl sites for hydroxylation is 1. The van der Waals surface area contributed by atoms with Gasteiger partial charge in [0.25, 0.3) is 0 Å². The molecule has 0 saturated carbocycles. The number of para-hydroxylation sites is 1. The Labute approximate surface area is 154 Å². The van der Waals surface area contributed by atoms with E-state index >= 15 is 0 Å². The Balaban J connectivity index is 2.30. The third-order valence-corrected chi connectivity index (χ3v) is 4.06. The maximum absolute atomic E-state index is 13.3. The Hall–Kier alpha value is -2.21. The molecule has 0 atom stereocenters. The number of hydrogen-bond acceptors (Lipinski definition) is 3. The van der Waals surface area contributed by atoms with E-state index in [1.165, 1.54) is 6.07 Å². The monoisotopic (exact) mass is 386 g/mol. The highest BCUT2D eigenvalue weighted by Crippen LogP contribution is 2.40. The van der Waals surface area contributed by atoms with Crippen LogP contribution in [0.5, 0.6) is 11.5 Å². The molecule has 2 aromatic rings. The summed E-state index contributed by atoms with van der Waals surface area (Å²) in [6.45, 7) is 3.17. The first-order valence-corrected chi connectivity index (χ1v) is 8.45. The first-order chi connectivity index (χ1) is 12.3. The summed E-state index contributed by atoms with van der Waals surface area (Å²) < 4.78 is 50.5. The molecule has 0 aliphatic rings. The molecule has 0 bridgehead atoms. The van der Waals surface area contributed by atoms with E-state index in [4.69, 9.17) is 21.1 Å². The van der Waals surface area contributed by atoms with E-state index in [1.54, 1.807) is 38.1 Å². The van der Waals surface area contributed by atoms with E-state index in [-0.39, 0.29) is 29.5 Å². The van der Waals surface area contributed by atoms with Crippen LogP contribution in [-0.4, -0.2) is 5.97 Å². The smallest absolute Gasteiger partial charge is 0.419 e. The van der Waals surface area contributed by atoms with Crippen molar-refractivity contribution in [2.45, 2.75) is 39.5 Å². The molecule has 0 saturated heterocycles. The van der Waals surface area contributed by atoms with Gasteiger partial charge in [-0.05, 0) is 30.2 Å². The summed E-state index contributed by atoms with van der Waals surface area (Å²) in [5, 5.41) is 0.209. The highest BCUT2D eigenvalue weighted by Gasteiger charge is 2.35. The molecular formula is C19H18ClF3O3. The number of ether oxygens (including phenoxy) is 2. The quantitative estimate of drug-likeness (QED) is 0.464. The van der Waals surface area contributed by atoms with Gasteiger partial charge in [0.15, 0.2) is 0 Å². The Morgan fingerprint density at radius 3 is 2.38 bits per heavy atom. The molecule has 3 nitrogen and oxygen atoms in total. The Kier molecular flexibility index (Phi) is 6.53. The number of carbonyl (C=O) groups is 1. The summed E-state index contributed by atoms with van der Waals surface area (Å²) >= 11 is 6.04. The number of carbonyl (C=O) groups excluding carboxylic acids is 1. The maximum atomic E-state index is 13.3. The third kappa shape index (κ3) is 4.91. The molecule has 0 radical (unpaired) electrons. The molecule has 26 heavy (non-hydrogen) atoms. The summed E-state index contributed by atoms with van der Waals surface area (Å²) in [6.07, 6.45) is -4.02. The van der Waals surface area contributed by atoms with Crippen LogP contribution in [0.15, 0.2) is 36.4 Å². The van der Waals surface area contributed by atoms with Crippen molar-refractivity contribution >= 4 is 17.6 Å². The average molecular weight is 387 g/mol. The number of halogens is 4. The summed E-state index contributed by atoms with van der Waals surface area (Å²) in [7, 11) is 0. The topological polar surface area (TPSA) is 35.5 Å². The number of rotatable bonds is 6. The Morgan fingerprint density at radius 1 is 1.08 bits per heavy atom. The summed E-state index contributed by atoms with van der Waals surface area (Å²) in [6, 6.07) is 8.69. The molecule has 0 aromatic heterocycles. The largest absolute Gasteiger partial charge is 0.488 e. The van der Waals surface area contributed by atoms with Crippen LogP contribution in [0.4, 0.5) is 13.2 Å². The van der Waals surface area contributed by atoms with Crippen LogP contribution in [0.25, 0.3) is 0 Å². The first-order valence-electron chi connectivity index (χ1n) is 8.07. The van der Waals surface area contributed by atoms with Crippen molar-refractivity contribution in [3.05, 3.63) is 58.1 Å². The molecule has 2 aromatic carbocycles.